The van der Waals surface area contributed by atoms with Gasteiger partial charge in [-0.1, -0.05) is 12.1 Å². The number of benzene rings is 2. The van der Waals surface area contributed by atoms with E-state index in [1.807, 2.05) is 0 Å². The molecule has 40 heavy (non-hydrogen) atoms. The van der Waals surface area contributed by atoms with Crippen LogP contribution in [0.1, 0.15) is 15.9 Å². The Bertz CT molecular complexity index is 1610. The minimum atomic E-state index is -4.02. The van der Waals surface area contributed by atoms with Crippen LogP contribution < -0.4 is 20.8 Å². The molecule has 2 aromatic heterocycles. The van der Waals surface area contributed by atoms with E-state index >= 15 is 0 Å². The molecule has 0 aliphatic heterocycles. The largest absolute Gasteiger partial charge is 0.493 e. The number of carbonyl (C=O) groups excluding carboxylic acids is 1. The van der Waals surface area contributed by atoms with E-state index in [0.717, 1.165) is 0 Å². The first-order valence-corrected chi connectivity index (χ1v) is 13.6. The summed E-state index contributed by atoms with van der Waals surface area (Å²) in [6.07, 6.45) is 0.887. The van der Waals surface area contributed by atoms with Gasteiger partial charge in [0.05, 0.1) is 33.8 Å². The van der Waals surface area contributed by atoms with Gasteiger partial charge in [0.15, 0.2) is 28.4 Å². The first-order chi connectivity index (χ1) is 19.2. The number of rotatable bonds is 14. The van der Waals surface area contributed by atoms with Crippen LogP contribution in [-0.2, 0) is 31.5 Å². The molecular formula is C25H27FN5O8P. The number of halogens is 1. The van der Waals surface area contributed by atoms with E-state index in [9.17, 15) is 18.5 Å². The molecule has 0 radical (unpaired) electrons. The lowest BCUT2D eigenvalue weighted by Gasteiger charge is -2.19. The summed E-state index contributed by atoms with van der Waals surface area (Å²) in [6, 6.07) is 10.1. The van der Waals surface area contributed by atoms with E-state index in [1.54, 1.807) is 16.7 Å². The smallest absolute Gasteiger partial charge is 0.356 e. The second-order valence-electron chi connectivity index (χ2n) is 8.38. The molecule has 212 valence electrons. The van der Waals surface area contributed by atoms with Crippen LogP contribution in [0.25, 0.3) is 11.2 Å². The monoisotopic (exact) mass is 575 g/mol. The number of ether oxygens (including phenoxy) is 3. The molecule has 15 heteroatoms. The summed E-state index contributed by atoms with van der Waals surface area (Å²) in [5, 5.41) is 0. The maximum atomic E-state index is 13.6. The van der Waals surface area contributed by atoms with Crippen molar-refractivity contribution in [1.82, 2.24) is 19.5 Å². The van der Waals surface area contributed by atoms with E-state index in [0.29, 0.717) is 17.1 Å². The third-order valence-electron chi connectivity index (χ3n) is 5.63. The molecule has 0 spiro atoms. The van der Waals surface area contributed by atoms with Gasteiger partial charge in [-0.05, 0) is 35.9 Å². The summed E-state index contributed by atoms with van der Waals surface area (Å²) in [7, 11) is -1.11. The highest BCUT2D eigenvalue weighted by atomic mass is 31.2. The van der Waals surface area contributed by atoms with Gasteiger partial charge in [-0.15, -0.1) is 0 Å². The Morgan fingerprint density at radius 1 is 1.12 bits per heavy atom. The molecule has 0 fully saturated rings. The molecule has 2 heterocycles. The number of methoxy groups -OCH3 is 2. The Morgan fingerprint density at radius 3 is 2.67 bits per heavy atom. The molecule has 0 saturated carbocycles. The van der Waals surface area contributed by atoms with Crippen molar-refractivity contribution < 1.29 is 37.0 Å². The predicted octanol–water partition coefficient (Wildman–Crippen LogP) is 3.14. The number of aromatic nitrogens is 4. The lowest BCUT2D eigenvalue weighted by Crippen LogP contribution is -2.14. The van der Waals surface area contributed by atoms with E-state index in [2.05, 4.69) is 15.0 Å². The fraction of sp³-hybridized carbons (Fsp3) is 0.280. The Hall–Kier alpha value is -4.10. The van der Waals surface area contributed by atoms with Crippen LogP contribution in [-0.4, -0.2) is 59.1 Å². The molecule has 0 bridgehead atoms. The second-order valence-corrected chi connectivity index (χ2v) is 10.4. The van der Waals surface area contributed by atoms with Crippen molar-refractivity contribution in [3.8, 4) is 11.5 Å². The Labute approximate surface area is 227 Å². The summed E-state index contributed by atoms with van der Waals surface area (Å²) >= 11 is 0. The number of anilines is 1. The van der Waals surface area contributed by atoms with Crippen LogP contribution in [0, 0.1) is 5.82 Å². The number of fused-ring (bicyclic) bond motifs is 1. The molecule has 3 N–H and O–H groups in total. The van der Waals surface area contributed by atoms with Crippen molar-refractivity contribution in [1.29, 1.82) is 0 Å². The van der Waals surface area contributed by atoms with Gasteiger partial charge < -0.3 is 29.0 Å². The van der Waals surface area contributed by atoms with Crippen molar-refractivity contribution in [2.24, 2.45) is 0 Å². The van der Waals surface area contributed by atoms with Crippen LogP contribution in [0.4, 0.5) is 10.3 Å². The minimum absolute atomic E-state index is 0.000143. The predicted molar refractivity (Wildman–Crippen MR) is 142 cm³/mol. The number of nitrogen functional groups attached to an aromatic ring is 1. The Balaban J connectivity index is 1.42. The van der Waals surface area contributed by atoms with E-state index in [4.69, 9.17) is 29.0 Å². The zero-order chi connectivity index (χ0) is 28.7. The van der Waals surface area contributed by atoms with Crippen molar-refractivity contribution in [2.45, 2.75) is 13.2 Å². The van der Waals surface area contributed by atoms with Gasteiger partial charge in [-0.25, -0.2) is 9.37 Å². The lowest BCUT2D eigenvalue weighted by molar-refractivity contribution is 0.0855. The van der Waals surface area contributed by atoms with E-state index in [-0.39, 0.29) is 42.4 Å². The fourth-order valence-electron chi connectivity index (χ4n) is 3.64. The van der Waals surface area contributed by atoms with E-state index < -0.39 is 37.7 Å². The topological polar surface area (TPSA) is 170 Å². The van der Waals surface area contributed by atoms with Crippen molar-refractivity contribution >= 4 is 30.5 Å². The van der Waals surface area contributed by atoms with Crippen molar-refractivity contribution in [2.75, 3.05) is 39.5 Å². The molecule has 4 aromatic rings. The molecule has 13 nitrogen and oxygen atoms in total. The highest BCUT2D eigenvalue weighted by Crippen LogP contribution is 2.49. The third kappa shape index (κ3) is 7.10. The van der Waals surface area contributed by atoms with Gasteiger partial charge >= 0.3 is 7.60 Å². The van der Waals surface area contributed by atoms with Crippen LogP contribution >= 0.6 is 7.60 Å². The zero-order valence-corrected chi connectivity index (χ0v) is 22.6. The van der Waals surface area contributed by atoms with Gasteiger partial charge in [0, 0.05) is 12.1 Å². The summed E-state index contributed by atoms with van der Waals surface area (Å²) in [6.45, 7) is -0.653. The Kier molecular flexibility index (Phi) is 9.27. The van der Waals surface area contributed by atoms with Crippen LogP contribution in [0.5, 0.6) is 11.5 Å². The average Bonchev–Trinajstić information content (AvgIpc) is 3.35. The van der Waals surface area contributed by atoms with Crippen LogP contribution in [0.15, 0.2) is 53.6 Å². The lowest BCUT2D eigenvalue weighted by atomic mass is 10.1. The molecule has 0 aliphatic rings. The van der Waals surface area contributed by atoms with Gasteiger partial charge in [-0.3, -0.25) is 23.7 Å². The quantitative estimate of drug-likeness (QED) is 0.129. The van der Waals surface area contributed by atoms with Crippen LogP contribution in [0.2, 0.25) is 0 Å². The zero-order valence-electron chi connectivity index (χ0n) is 21.7. The Morgan fingerprint density at radius 2 is 1.93 bits per heavy atom. The van der Waals surface area contributed by atoms with Gasteiger partial charge in [-0.2, -0.15) is 4.98 Å². The number of nitrogens with two attached hydrogens (primary N) is 1. The normalized spacial score (nSPS) is 12.8. The van der Waals surface area contributed by atoms with E-state index in [1.165, 1.54) is 50.9 Å². The molecule has 0 saturated heterocycles. The number of ketones is 1. The number of Topliss-reactive ketones (excluding diaryl/α,β-unsaturated/α-hetero) is 1. The first-order valence-electron chi connectivity index (χ1n) is 11.9. The molecular weight excluding hydrogens is 548 g/mol. The molecule has 2 aromatic carbocycles. The molecule has 0 amide bonds. The number of aromatic amines is 1. The molecule has 1 unspecified atom stereocenters. The van der Waals surface area contributed by atoms with Crippen molar-refractivity contribution in [3.63, 3.8) is 0 Å². The van der Waals surface area contributed by atoms with Crippen LogP contribution in [0.3, 0.4) is 0 Å². The maximum absolute atomic E-state index is 13.6. The molecule has 1 atom stereocenters. The summed E-state index contributed by atoms with van der Waals surface area (Å²) in [5.74, 6) is -0.271. The number of hydrogen-bond donors (Lipinski definition) is 2. The maximum Gasteiger partial charge on any atom is 0.356 e. The highest BCUT2D eigenvalue weighted by Gasteiger charge is 2.27. The number of nitrogens with zero attached hydrogens (tertiary/aromatic N) is 3. The number of imidazole rings is 1. The third-order valence-corrected chi connectivity index (χ3v) is 7.18. The van der Waals surface area contributed by atoms with Gasteiger partial charge in [0.1, 0.15) is 18.8 Å². The first kappa shape index (κ1) is 28.9. The van der Waals surface area contributed by atoms with Crippen molar-refractivity contribution in [3.05, 3.63) is 76.1 Å². The molecule has 0 aliphatic carbocycles. The summed E-state index contributed by atoms with van der Waals surface area (Å²) in [5.41, 5.74) is 6.15. The highest BCUT2D eigenvalue weighted by molar-refractivity contribution is 7.53. The number of carbonyl (C=O) groups is 1. The van der Waals surface area contributed by atoms with Gasteiger partial charge in [0.2, 0.25) is 5.95 Å². The molecule has 4 rings (SSSR count). The fourth-order valence-corrected chi connectivity index (χ4v) is 4.87. The standard InChI is InChI=1S/C25H27FN5O8P/c1-35-20-7-6-17(11-21(20)36-2)19(32)13-39-40(34,38-12-16-4-3-5-18(26)10-16)15-37-9-8-31-14-28-22-23(31)29-25(27)30-24(22)33/h3-7,10-11,14H,8-9,12-13,15H2,1-2H3,(H3,27,29,30,33). The van der Waals surface area contributed by atoms with Gasteiger partial charge in [0.25, 0.3) is 5.56 Å². The number of nitrogens with one attached hydrogen (secondary N) is 1. The average molecular weight is 575 g/mol. The second kappa shape index (κ2) is 12.8. The minimum Gasteiger partial charge on any atom is -0.493 e. The summed E-state index contributed by atoms with van der Waals surface area (Å²) in [4.78, 5) is 35.2. The SMILES string of the molecule is COc1ccc(C(=O)COP(=O)(COCCn2cnc3c(=O)[nH]c(N)nc32)OCc2cccc(F)c2)cc1OC. The summed E-state index contributed by atoms with van der Waals surface area (Å²) < 4.78 is 55.6. The number of H-pyrrole nitrogens is 1. The number of hydrogen-bond acceptors (Lipinski definition) is 11.